The number of amidine groups is 1. The fourth-order valence-electron chi connectivity index (χ4n) is 1.86. The van der Waals surface area contributed by atoms with E-state index in [2.05, 4.69) is 36.6 Å². The molecule has 0 saturated carbocycles. The summed E-state index contributed by atoms with van der Waals surface area (Å²) in [5, 5.41) is 19.9. The van der Waals surface area contributed by atoms with Gasteiger partial charge in [0.2, 0.25) is 5.91 Å². The normalized spacial score (nSPS) is 11.5. The van der Waals surface area contributed by atoms with Gasteiger partial charge in [-0.1, -0.05) is 11.8 Å². The van der Waals surface area contributed by atoms with Crippen molar-refractivity contribution < 1.29 is 23.8 Å². The van der Waals surface area contributed by atoms with Crippen LogP contribution < -0.4 is 10.8 Å². The summed E-state index contributed by atoms with van der Waals surface area (Å²) < 4.78 is 23.1. The highest BCUT2D eigenvalue weighted by atomic mass is 79.9. The molecule has 0 fully saturated rings. The van der Waals surface area contributed by atoms with Gasteiger partial charge in [0, 0.05) is 25.8 Å². The summed E-state index contributed by atoms with van der Waals surface area (Å²) in [6, 6.07) is 4.11. The van der Waals surface area contributed by atoms with Crippen molar-refractivity contribution in [2.45, 2.75) is 11.4 Å². The van der Waals surface area contributed by atoms with E-state index in [0.29, 0.717) is 29.6 Å². The van der Waals surface area contributed by atoms with Crippen LogP contribution >= 0.6 is 27.7 Å². The monoisotopic (exact) mass is 461 g/mol. The number of amides is 1. The Morgan fingerprint density at radius 3 is 3.00 bits per heavy atom. The van der Waals surface area contributed by atoms with Crippen molar-refractivity contribution in [3.63, 3.8) is 0 Å². The lowest BCUT2D eigenvalue weighted by Crippen LogP contribution is -2.27. The fourth-order valence-corrected chi connectivity index (χ4v) is 3.06. The van der Waals surface area contributed by atoms with Crippen molar-refractivity contribution >= 4 is 45.1 Å². The van der Waals surface area contributed by atoms with Gasteiger partial charge < -0.3 is 10.1 Å². The highest BCUT2D eigenvalue weighted by Gasteiger charge is 2.17. The first-order valence-corrected chi connectivity index (χ1v) is 9.48. The van der Waals surface area contributed by atoms with Crippen LogP contribution in [0, 0.1) is 5.82 Å². The average molecular weight is 462 g/mol. The van der Waals surface area contributed by atoms with E-state index in [1.54, 1.807) is 7.11 Å². The number of carbonyl (C=O) groups excluding carboxylic acids is 1. The molecule has 0 aliphatic heterocycles. The number of nitrogens with zero attached hydrogens (tertiary/aromatic N) is 3. The maximum atomic E-state index is 13.3. The topological polar surface area (TPSA) is 122 Å². The van der Waals surface area contributed by atoms with Gasteiger partial charge in [-0.2, -0.15) is 0 Å². The number of carbonyl (C=O) groups is 1. The summed E-state index contributed by atoms with van der Waals surface area (Å²) >= 11 is 4.29. The predicted molar refractivity (Wildman–Crippen MR) is 99.7 cm³/mol. The SMILES string of the molecule is COCCNC(=O)CCSc1nonc1C(=Nc1ccc(F)c(Br)c1)NO. The van der Waals surface area contributed by atoms with Gasteiger partial charge in [-0.05, 0) is 44.4 Å². The molecule has 0 unspecified atom stereocenters. The summed E-state index contributed by atoms with van der Waals surface area (Å²) in [7, 11) is 1.56. The second-order valence-corrected chi connectivity index (χ2v) is 6.97. The summed E-state index contributed by atoms with van der Waals surface area (Å²) in [6.07, 6.45) is 0.255. The van der Waals surface area contributed by atoms with Gasteiger partial charge in [-0.3, -0.25) is 15.5 Å². The van der Waals surface area contributed by atoms with E-state index in [0.717, 1.165) is 0 Å². The Labute approximate surface area is 166 Å². The van der Waals surface area contributed by atoms with Gasteiger partial charge >= 0.3 is 0 Å². The molecule has 1 heterocycles. The third-order valence-electron chi connectivity index (χ3n) is 3.13. The van der Waals surface area contributed by atoms with Crippen molar-refractivity contribution in [3.05, 3.63) is 34.2 Å². The summed E-state index contributed by atoms with van der Waals surface area (Å²) in [4.78, 5) is 15.8. The Morgan fingerprint density at radius 2 is 2.30 bits per heavy atom. The number of ether oxygens (including phenoxy) is 1. The minimum Gasteiger partial charge on any atom is -0.383 e. The molecule has 27 heavy (non-hydrogen) atoms. The van der Waals surface area contributed by atoms with Crippen LogP contribution in [-0.4, -0.2) is 53.3 Å². The van der Waals surface area contributed by atoms with Crippen LogP contribution in [0.25, 0.3) is 0 Å². The number of hydroxylamine groups is 1. The molecule has 9 nitrogen and oxygen atoms in total. The zero-order valence-corrected chi connectivity index (χ0v) is 16.6. The van der Waals surface area contributed by atoms with E-state index >= 15 is 0 Å². The summed E-state index contributed by atoms with van der Waals surface area (Å²) in [6.45, 7) is 0.882. The van der Waals surface area contributed by atoms with E-state index < -0.39 is 5.82 Å². The number of nitrogens with one attached hydrogen (secondary N) is 2. The van der Waals surface area contributed by atoms with Gasteiger partial charge in [0.05, 0.1) is 16.8 Å². The third-order valence-corrected chi connectivity index (χ3v) is 4.69. The Hall–Kier alpha value is -2.02. The second-order valence-electron chi connectivity index (χ2n) is 5.03. The van der Waals surface area contributed by atoms with E-state index in [9.17, 15) is 14.4 Å². The summed E-state index contributed by atoms with van der Waals surface area (Å²) in [5.74, 6) is -0.166. The first kappa shape index (κ1) is 21.3. The van der Waals surface area contributed by atoms with Crippen molar-refractivity contribution in [1.29, 1.82) is 0 Å². The average Bonchev–Trinajstić information content (AvgIpc) is 3.11. The molecule has 0 saturated heterocycles. The molecule has 0 aliphatic carbocycles. The minimum atomic E-state index is -0.435. The molecule has 0 atom stereocenters. The maximum absolute atomic E-state index is 13.3. The van der Waals surface area contributed by atoms with Gasteiger partial charge in [0.15, 0.2) is 16.6 Å². The Morgan fingerprint density at radius 1 is 1.48 bits per heavy atom. The van der Waals surface area contributed by atoms with Crippen LogP contribution in [0.1, 0.15) is 12.1 Å². The summed E-state index contributed by atoms with van der Waals surface area (Å²) in [5.41, 5.74) is 2.47. The molecule has 0 bridgehead atoms. The standard InChI is InChI=1S/C15H17BrFN5O4S/c1-25-6-5-18-12(23)4-7-27-15-13(21-26-22-15)14(20-24)19-9-2-3-11(17)10(16)8-9/h2-3,8,24H,4-7H2,1H3,(H,18,23)(H,19,20). The Bertz CT molecular complexity index is 804. The second kappa shape index (κ2) is 11.0. The van der Waals surface area contributed by atoms with E-state index in [4.69, 9.17) is 9.37 Å². The van der Waals surface area contributed by atoms with Crippen molar-refractivity contribution in [2.24, 2.45) is 4.99 Å². The molecule has 0 radical (unpaired) electrons. The van der Waals surface area contributed by atoms with Crippen molar-refractivity contribution in [2.75, 3.05) is 26.0 Å². The molecule has 2 rings (SSSR count). The number of hydrogen-bond acceptors (Lipinski definition) is 8. The largest absolute Gasteiger partial charge is 0.383 e. The van der Waals surface area contributed by atoms with Crippen LogP contribution in [0.5, 0.6) is 0 Å². The lowest BCUT2D eigenvalue weighted by Gasteiger charge is -2.05. The predicted octanol–water partition coefficient (Wildman–Crippen LogP) is 2.27. The van der Waals surface area contributed by atoms with E-state index in [1.807, 2.05) is 5.48 Å². The van der Waals surface area contributed by atoms with Crippen LogP contribution in [0.15, 0.2) is 37.3 Å². The zero-order chi connectivity index (χ0) is 19.6. The number of rotatable bonds is 9. The minimum absolute atomic E-state index is 0.0261. The maximum Gasteiger partial charge on any atom is 0.220 e. The number of aromatic nitrogens is 2. The lowest BCUT2D eigenvalue weighted by atomic mass is 10.3. The molecule has 3 N–H and O–H groups in total. The van der Waals surface area contributed by atoms with Crippen LogP contribution in [0.2, 0.25) is 0 Å². The van der Waals surface area contributed by atoms with Gasteiger partial charge in [-0.25, -0.2) is 14.0 Å². The molecule has 0 spiro atoms. The van der Waals surface area contributed by atoms with Crippen molar-refractivity contribution in [3.8, 4) is 0 Å². The third kappa shape index (κ3) is 6.57. The van der Waals surface area contributed by atoms with Crippen molar-refractivity contribution in [1.82, 2.24) is 21.1 Å². The molecule has 146 valence electrons. The van der Waals surface area contributed by atoms with Gasteiger partial charge in [0.1, 0.15) is 5.82 Å². The van der Waals surface area contributed by atoms with Gasteiger partial charge in [-0.15, -0.1) is 0 Å². The molecular weight excluding hydrogens is 445 g/mol. The van der Waals surface area contributed by atoms with E-state index in [1.165, 1.54) is 30.0 Å². The number of thioether (sulfide) groups is 1. The van der Waals surface area contributed by atoms with Gasteiger partial charge in [0.25, 0.3) is 0 Å². The Balaban J connectivity index is 2.02. The lowest BCUT2D eigenvalue weighted by molar-refractivity contribution is -0.120. The highest BCUT2D eigenvalue weighted by Crippen LogP contribution is 2.24. The first-order valence-electron chi connectivity index (χ1n) is 7.70. The molecule has 1 aromatic heterocycles. The first-order chi connectivity index (χ1) is 13.0. The fraction of sp³-hybridized carbons (Fsp3) is 0.333. The smallest absolute Gasteiger partial charge is 0.220 e. The quantitative estimate of drug-likeness (QED) is 0.171. The van der Waals surface area contributed by atoms with Crippen LogP contribution in [0.4, 0.5) is 10.1 Å². The number of methoxy groups -OCH3 is 1. The number of aliphatic imine (C=N–C) groups is 1. The molecule has 0 aliphatic rings. The number of benzene rings is 1. The Kier molecular flexibility index (Phi) is 8.64. The van der Waals surface area contributed by atoms with Crippen LogP contribution in [0.3, 0.4) is 0 Å². The molecular formula is C15H17BrFN5O4S. The molecule has 1 amide bonds. The molecule has 2 aromatic rings. The molecule has 12 heteroatoms. The van der Waals surface area contributed by atoms with E-state index in [-0.39, 0.29) is 28.3 Å². The zero-order valence-electron chi connectivity index (χ0n) is 14.2. The highest BCUT2D eigenvalue weighted by molar-refractivity contribution is 9.10. The number of hydrogen-bond donors (Lipinski definition) is 3. The molecule has 1 aromatic carbocycles. The number of halogens is 2. The van der Waals surface area contributed by atoms with Crippen LogP contribution in [-0.2, 0) is 9.53 Å².